The van der Waals surface area contributed by atoms with E-state index in [0.717, 1.165) is 16.6 Å². The van der Waals surface area contributed by atoms with Crippen molar-refractivity contribution < 1.29 is 4.79 Å². The third-order valence-electron chi connectivity index (χ3n) is 3.62. The lowest BCUT2D eigenvalue weighted by Crippen LogP contribution is -2.24. The molecule has 124 valence electrons. The number of halogens is 1. The van der Waals surface area contributed by atoms with Gasteiger partial charge in [-0.2, -0.15) is 0 Å². The van der Waals surface area contributed by atoms with Crippen LogP contribution in [0.4, 0.5) is 5.69 Å². The molecule has 2 aromatic heterocycles. The third kappa shape index (κ3) is 3.71. The number of aromatic amines is 1. The van der Waals surface area contributed by atoms with Crippen molar-refractivity contribution in [1.29, 1.82) is 0 Å². The quantitative estimate of drug-likeness (QED) is 0.660. The molecule has 0 aliphatic rings. The van der Waals surface area contributed by atoms with Gasteiger partial charge in [-0.25, -0.2) is 4.98 Å². The van der Waals surface area contributed by atoms with Crippen LogP contribution in [-0.4, -0.2) is 26.1 Å². The number of carbonyl (C=O) groups is 1. The smallest absolute Gasteiger partial charge is 0.237 e. The normalized spacial score (nSPS) is 12.3. The maximum Gasteiger partial charge on any atom is 0.237 e. The molecule has 0 fully saturated rings. The van der Waals surface area contributed by atoms with Crippen molar-refractivity contribution in [2.45, 2.75) is 30.7 Å². The number of thioether (sulfide) groups is 1. The second-order valence-corrected chi connectivity index (χ2v) is 7.00. The summed E-state index contributed by atoms with van der Waals surface area (Å²) in [7, 11) is 0. The van der Waals surface area contributed by atoms with Gasteiger partial charge < -0.3 is 10.3 Å². The van der Waals surface area contributed by atoms with Crippen LogP contribution in [0.2, 0.25) is 5.02 Å². The highest BCUT2D eigenvalue weighted by Gasteiger charge is 2.20. The van der Waals surface area contributed by atoms with Gasteiger partial charge in [0, 0.05) is 16.9 Å². The lowest BCUT2D eigenvalue weighted by Gasteiger charge is -2.13. The SMILES string of the molecule is CC[C@@H](Sc1nc2ccncc2[nH]1)C(=O)Nc1ccc(C)c(Cl)c1. The minimum atomic E-state index is -0.251. The highest BCUT2D eigenvalue weighted by molar-refractivity contribution is 8.00. The monoisotopic (exact) mass is 360 g/mol. The number of benzene rings is 1. The summed E-state index contributed by atoms with van der Waals surface area (Å²) in [5.41, 5.74) is 3.38. The van der Waals surface area contributed by atoms with Crippen molar-refractivity contribution >= 4 is 46.0 Å². The first kappa shape index (κ1) is 16.8. The van der Waals surface area contributed by atoms with Gasteiger partial charge in [-0.15, -0.1) is 0 Å². The second-order valence-electron chi connectivity index (χ2n) is 5.40. The van der Waals surface area contributed by atoms with E-state index in [1.165, 1.54) is 11.8 Å². The summed E-state index contributed by atoms with van der Waals surface area (Å²) in [6.45, 7) is 3.90. The van der Waals surface area contributed by atoms with Gasteiger partial charge >= 0.3 is 0 Å². The zero-order chi connectivity index (χ0) is 17.1. The number of fused-ring (bicyclic) bond motifs is 1. The molecule has 0 aliphatic carbocycles. The lowest BCUT2D eigenvalue weighted by atomic mass is 10.2. The number of hydrogen-bond donors (Lipinski definition) is 2. The Morgan fingerprint density at radius 2 is 2.25 bits per heavy atom. The Bertz CT molecular complexity index is 847. The number of hydrogen-bond acceptors (Lipinski definition) is 4. The Balaban J connectivity index is 1.72. The molecule has 0 saturated carbocycles. The van der Waals surface area contributed by atoms with E-state index in [1.807, 2.05) is 32.0 Å². The largest absolute Gasteiger partial charge is 0.332 e. The molecule has 2 heterocycles. The van der Waals surface area contributed by atoms with Crippen LogP contribution in [0.3, 0.4) is 0 Å². The van der Waals surface area contributed by atoms with E-state index in [-0.39, 0.29) is 11.2 Å². The number of carbonyl (C=O) groups excluding carboxylic acids is 1. The number of anilines is 1. The van der Waals surface area contributed by atoms with E-state index in [9.17, 15) is 4.79 Å². The number of H-pyrrole nitrogens is 1. The van der Waals surface area contributed by atoms with Crippen LogP contribution in [0.5, 0.6) is 0 Å². The Morgan fingerprint density at radius 3 is 2.96 bits per heavy atom. The van der Waals surface area contributed by atoms with Crippen molar-refractivity contribution in [2.24, 2.45) is 0 Å². The average molecular weight is 361 g/mol. The first-order valence-electron chi connectivity index (χ1n) is 7.60. The number of aryl methyl sites for hydroxylation is 1. The van der Waals surface area contributed by atoms with Crippen molar-refractivity contribution in [3.05, 3.63) is 47.2 Å². The molecule has 2 N–H and O–H groups in total. The fourth-order valence-electron chi connectivity index (χ4n) is 2.24. The number of amides is 1. The summed E-state index contributed by atoms with van der Waals surface area (Å²) in [5, 5.41) is 4.01. The van der Waals surface area contributed by atoms with E-state index in [2.05, 4.69) is 20.3 Å². The van der Waals surface area contributed by atoms with E-state index in [1.54, 1.807) is 18.5 Å². The van der Waals surface area contributed by atoms with Crippen molar-refractivity contribution in [1.82, 2.24) is 15.0 Å². The Kier molecular flexibility index (Phi) is 5.06. The zero-order valence-electron chi connectivity index (χ0n) is 13.3. The molecule has 0 unspecified atom stereocenters. The fourth-order valence-corrected chi connectivity index (χ4v) is 3.34. The summed E-state index contributed by atoms with van der Waals surface area (Å²) in [4.78, 5) is 24.3. The number of nitrogens with one attached hydrogen (secondary N) is 2. The van der Waals surface area contributed by atoms with Crippen LogP contribution < -0.4 is 5.32 Å². The van der Waals surface area contributed by atoms with Crippen LogP contribution in [0.15, 0.2) is 41.8 Å². The van der Waals surface area contributed by atoms with Gasteiger partial charge in [-0.1, -0.05) is 36.4 Å². The van der Waals surface area contributed by atoms with Crippen molar-refractivity contribution in [3.8, 4) is 0 Å². The maximum absolute atomic E-state index is 12.5. The molecule has 24 heavy (non-hydrogen) atoms. The first-order valence-corrected chi connectivity index (χ1v) is 8.86. The van der Waals surface area contributed by atoms with Crippen molar-refractivity contribution in [3.63, 3.8) is 0 Å². The highest BCUT2D eigenvalue weighted by Crippen LogP contribution is 2.27. The predicted octanol–water partition coefficient (Wildman–Crippen LogP) is 4.43. The molecule has 3 aromatic rings. The van der Waals surface area contributed by atoms with Crippen molar-refractivity contribution in [2.75, 3.05) is 5.32 Å². The molecule has 1 aromatic carbocycles. The molecular weight excluding hydrogens is 344 g/mol. The number of nitrogens with zero attached hydrogens (tertiary/aromatic N) is 2. The van der Waals surface area contributed by atoms with Gasteiger partial charge in [-0.05, 0) is 37.1 Å². The molecule has 1 amide bonds. The number of imidazole rings is 1. The van der Waals surface area contributed by atoms with E-state index >= 15 is 0 Å². The molecule has 7 heteroatoms. The average Bonchev–Trinajstić information content (AvgIpc) is 2.98. The number of pyridine rings is 1. The first-order chi connectivity index (χ1) is 11.6. The molecule has 0 aliphatic heterocycles. The molecule has 0 spiro atoms. The number of aromatic nitrogens is 3. The summed E-state index contributed by atoms with van der Waals surface area (Å²) in [5.74, 6) is -0.0685. The Morgan fingerprint density at radius 1 is 1.42 bits per heavy atom. The van der Waals surface area contributed by atoms with E-state index in [4.69, 9.17) is 11.6 Å². The van der Waals surface area contributed by atoms with Gasteiger partial charge in [0.1, 0.15) is 0 Å². The Hall–Kier alpha value is -2.05. The minimum Gasteiger partial charge on any atom is -0.332 e. The lowest BCUT2D eigenvalue weighted by molar-refractivity contribution is -0.115. The topological polar surface area (TPSA) is 70.7 Å². The Labute approximate surface area is 149 Å². The van der Waals surface area contributed by atoms with Gasteiger partial charge in [0.2, 0.25) is 5.91 Å². The summed E-state index contributed by atoms with van der Waals surface area (Å²) >= 11 is 7.52. The van der Waals surface area contributed by atoms with Crippen LogP contribution >= 0.6 is 23.4 Å². The standard InChI is InChI=1S/C17H17ClN4OS/c1-3-15(16(23)20-11-5-4-10(2)12(18)8-11)24-17-21-13-6-7-19-9-14(13)22-17/h4-9,15H,3H2,1-2H3,(H,20,23)(H,21,22)/t15-/m1/s1. The minimum absolute atomic E-state index is 0.0685. The van der Waals surface area contributed by atoms with Gasteiger partial charge in [-0.3, -0.25) is 9.78 Å². The van der Waals surface area contributed by atoms with Crippen LogP contribution in [0.1, 0.15) is 18.9 Å². The van der Waals surface area contributed by atoms with Crippen LogP contribution in [-0.2, 0) is 4.79 Å². The second kappa shape index (κ2) is 7.23. The molecule has 5 nitrogen and oxygen atoms in total. The molecule has 0 radical (unpaired) electrons. The highest BCUT2D eigenvalue weighted by atomic mass is 35.5. The van der Waals surface area contributed by atoms with Gasteiger partial charge in [0.05, 0.1) is 22.5 Å². The van der Waals surface area contributed by atoms with Crippen LogP contribution in [0, 0.1) is 6.92 Å². The van der Waals surface area contributed by atoms with Crippen LogP contribution in [0.25, 0.3) is 11.0 Å². The summed E-state index contributed by atoms with van der Waals surface area (Å²) in [6.07, 6.45) is 4.11. The molecular formula is C17H17ClN4OS. The maximum atomic E-state index is 12.5. The van der Waals surface area contributed by atoms with Gasteiger partial charge in [0.15, 0.2) is 5.16 Å². The van der Waals surface area contributed by atoms with E-state index in [0.29, 0.717) is 22.3 Å². The predicted molar refractivity (Wildman–Crippen MR) is 98.6 cm³/mol. The molecule has 3 rings (SSSR count). The molecule has 0 bridgehead atoms. The summed E-state index contributed by atoms with van der Waals surface area (Å²) in [6, 6.07) is 7.34. The third-order valence-corrected chi connectivity index (χ3v) is 5.27. The van der Waals surface area contributed by atoms with Gasteiger partial charge in [0.25, 0.3) is 0 Å². The van der Waals surface area contributed by atoms with E-state index < -0.39 is 0 Å². The molecule has 0 saturated heterocycles. The summed E-state index contributed by atoms with van der Waals surface area (Å²) < 4.78 is 0. The fraction of sp³-hybridized carbons (Fsp3) is 0.235. The number of rotatable bonds is 5. The zero-order valence-corrected chi connectivity index (χ0v) is 14.9. The molecule has 1 atom stereocenters.